The van der Waals surface area contributed by atoms with E-state index in [1.807, 2.05) is 12.3 Å². The third-order valence-electron chi connectivity index (χ3n) is 4.79. The van der Waals surface area contributed by atoms with Crippen LogP contribution in [-0.2, 0) is 4.79 Å². The quantitative estimate of drug-likeness (QED) is 0.753. The molecule has 1 aromatic carbocycles. The molecule has 1 heterocycles. The van der Waals surface area contributed by atoms with Crippen LogP contribution in [0.1, 0.15) is 48.2 Å². The van der Waals surface area contributed by atoms with E-state index in [1.165, 1.54) is 30.6 Å². The van der Waals surface area contributed by atoms with Gasteiger partial charge in [-0.05, 0) is 37.8 Å². The molecule has 3 rings (SSSR count). The number of hydrogen-bond acceptors (Lipinski definition) is 4. The van der Waals surface area contributed by atoms with Gasteiger partial charge in [-0.1, -0.05) is 43.0 Å². The van der Waals surface area contributed by atoms with E-state index in [4.69, 9.17) is 11.6 Å². The summed E-state index contributed by atoms with van der Waals surface area (Å²) in [5.41, 5.74) is 1.30. The zero-order chi connectivity index (χ0) is 19.2. The molecule has 0 spiro atoms. The van der Waals surface area contributed by atoms with Crippen molar-refractivity contribution in [3.63, 3.8) is 0 Å². The fraction of sp³-hybridized carbons (Fsp3) is 0.450. The molecule has 0 radical (unpaired) electrons. The number of aromatic nitrogens is 1. The Morgan fingerprint density at radius 3 is 2.67 bits per heavy atom. The molecule has 0 saturated heterocycles. The summed E-state index contributed by atoms with van der Waals surface area (Å²) in [6.45, 7) is 2.45. The van der Waals surface area contributed by atoms with E-state index in [0.29, 0.717) is 28.2 Å². The van der Waals surface area contributed by atoms with Crippen LogP contribution in [0.5, 0.6) is 0 Å². The number of rotatable bonds is 6. The normalized spacial score (nSPS) is 14.7. The summed E-state index contributed by atoms with van der Waals surface area (Å²) >= 11 is 7.60. The van der Waals surface area contributed by atoms with Crippen LogP contribution < -0.4 is 5.32 Å². The Labute approximate surface area is 168 Å². The van der Waals surface area contributed by atoms with Crippen molar-refractivity contribution < 1.29 is 9.59 Å². The third kappa shape index (κ3) is 5.53. The van der Waals surface area contributed by atoms with Crippen LogP contribution >= 0.6 is 22.9 Å². The lowest BCUT2D eigenvalue weighted by Crippen LogP contribution is -2.41. The van der Waals surface area contributed by atoms with Gasteiger partial charge in [0, 0.05) is 11.9 Å². The number of thiazole rings is 1. The molecule has 0 aliphatic heterocycles. The molecule has 0 atom stereocenters. The molecule has 2 amide bonds. The SMILES string of the molecule is Cc1csc(NC(=O)CN(CC2CCCCC2)C(=O)c2ccccc2Cl)n1. The Morgan fingerprint density at radius 2 is 2.00 bits per heavy atom. The van der Waals surface area contributed by atoms with Crippen LogP contribution in [0.4, 0.5) is 5.13 Å². The van der Waals surface area contributed by atoms with Gasteiger partial charge >= 0.3 is 0 Å². The molecule has 5 nitrogen and oxygen atoms in total. The molecule has 27 heavy (non-hydrogen) atoms. The lowest BCUT2D eigenvalue weighted by molar-refractivity contribution is -0.117. The number of nitrogens with zero attached hydrogens (tertiary/aromatic N) is 2. The predicted molar refractivity (Wildman–Crippen MR) is 109 cm³/mol. The highest BCUT2D eigenvalue weighted by Crippen LogP contribution is 2.26. The molecule has 2 aromatic rings. The first-order valence-corrected chi connectivity index (χ1v) is 10.5. The van der Waals surface area contributed by atoms with Crippen molar-refractivity contribution in [2.45, 2.75) is 39.0 Å². The maximum Gasteiger partial charge on any atom is 0.255 e. The minimum atomic E-state index is -0.236. The zero-order valence-corrected chi connectivity index (χ0v) is 17.0. The van der Waals surface area contributed by atoms with Gasteiger partial charge in [0.15, 0.2) is 5.13 Å². The molecule has 144 valence electrons. The third-order valence-corrected chi connectivity index (χ3v) is 6.00. The van der Waals surface area contributed by atoms with Crippen LogP contribution in [0, 0.1) is 12.8 Å². The zero-order valence-electron chi connectivity index (χ0n) is 15.4. The van der Waals surface area contributed by atoms with E-state index >= 15 is 0 Å². The average molecular weight is 406 g/mol. The van der Waals surface area contributed by atoms with E-state index < -0.39 is 0 Å². The van der Waals surface area contributed by atoms with E-state index in [9.17, 15) is 9.59 Å². The van der Waals surface area contributed by atoms with Gasteiger partial charge in [-0.3, -0.25) is 9.59 Å². The number of carbonyl (C=O) groups is 2. The van der Waals surface area contributed by atoms with Crippen LogP contribution in [0.15, 0.2) is 29.6 Å². The number of benzene rings is 1. The van der Waals surface area contributed by atoms with E-state index in [1.54, 1.807) is 29.2 Å². The molecule has 1 N–H and O–H groups in total. The minimum Gasteiger partial charge on any atom is -0.329 e. The van der Waals surface area contributed by atoms with Crippen molar-refractivity contribution in [1.29, 1.82) is 0 Å². The van der Waals surface area contributed by atoms with Crippen LogP contribution in [0.2, 0.25) is 5.02 Å². The minimum absolute atomic E-state index is 0.000809. The fourth-order valence-electron chi connectivity index (χ4n) is 3.45. The second-order valence-corrected chi connectivity index (χ2v) is 8.28. The van der Waals surface area contributed by atoms with Crippen LogP contribution in [-0.4, -0.2) is 34.8 Å². The van der Waals surface area contributed by atoms with Crippen molar-refractivity contribution >= 4 is 39.9 Å². The molecule has 0 bridgehead atoms. The van der Waals surface area contributed by atoms with Gasteiger partial charge in [0.1, 0.15) is 6.54 Å². The highest BCUT2D eigenvalue weighted by atomic mass is 35.5. The largest absolute Gasteiger partial charge is 0.329 e. The number of halogens is 1. The van der Waals surface area contributed by atoms with E-state index in [2.05, 4.69) is 10.3 Å². The van der Waals surface area contributed by atoms with Crippen molar-refractivity contribution in [1.82, 2.24) is 9.88 Å². The Morgan fingerprint density at radius 1 is 1.26 bits per heavy atom. The van der Waals surface area contributed by atoms with Gasteiger partial charge < -0.3 is 10.2 Å². The standard InChI is InChI=1S/C20H24ClN3O2S/c1-14-13-27-20(22-14)23-18(25)12-24(11-15-7-3-2-4-8-15)19(26)16-9-5-6-10-17(16)21/h5-6,9-10,13,15H,2-4,7-8,11-12H2,1H3,(H,22,23,25). The van der Waals surface area contributed by atoms with E-state index in [-0.39, 0.29) is 18.4 Å². The van der Waals surface area contributed by atoms with Gasteiger partial charge in [0.2, 0.25) is 5.91 Å². The number of carbonyl (C=O) groups excluding carboxylic acids is 2. The molecular formula is C20H24ClN3O2S. The van der Waals surface area contributed by atoms with Gasteiger partial charge in [0.05, 0.1) is 16.3 Å². The van der Waals surface area contributed by atoms with Gasteiger partial charge in [-0.2, -0.15) is 0 Å². The molecule has 1 aromatic heterocycles. The molecule has 1 aliphatic rings. The smallest absolute Gasteiger partial charge is 0.255 e. The van der Waals surface area contributed by atoms with Crippen molar-refractivity contribution in [3.05, 3.63) is 45.9 Å². The number of anilines is 1. The van der Waals surface area contributed by atoms with Crippen LogP contribution in [0.25, 0.3) is 0 Å². The Hall–Kier alpha value is -1.92. The van der Waals surface area contributed by atoms with Crippen molar-refractivity contribution in [2.75, 3.05) is 18.4 Å². The molecule has 1 fully saturated rings. The summed E-state index contributed by atoms with van der Waals surface area (Å²) in [5, 5.41) is 5.64. The van der Waals surface area contributed by atoms with Crippen LogP contribution in [0.3, 0.4) is 0 Å². The molecule has 1 aliphatic carbocycles. The Kier molecular flexibility index (Phi) is 6.85. The topological polar surface area (TPSA) is 62.3 Å². The van der Waals surface area contributed by atoms with Gasteiger partial charge in [0.25, 0.3) is 5.91 Å². The van der Waals surface area contributed by atoms with Gasteiger partial charge in [-0.15, -0.1) is 11.3 Å². The summed E-state index contributed by atoms with van der Waals surface area (Å²) in [5.74, 6) is -0.00250. The Bertz CT molecular complexity index is 802. The van der Waals surface area contributed by atoms with Crippen molar-refractivity contribution in [3.8, 4) is 0 Å². The summed E-state index contributed by atoms with van der Waals surface area (Å²) in [6, 6.07) is 6.99. The van der Waals surface area contributed by atoms with E-state index in [0.717, 1.165) is 18.5 Å². The fourth-order valence-corrected chi connectivity index (χ4v) is 4.37. The summed E-state index contributed by atoms with van der Waals surface area (Å²) in [7, 11) is 0. The summed E-state index contributed by atoms with van der Waals surface area (Å²) in [4.78, 5) is 31.5. The first-order valence-electron chi connectivity index (χ1n) is 9.28. The molecular weight excluding hydrogens is 382 g/mol. The lowest BCUT2D eigenvalue weighted by Gasteiger charge is -2.29. The number of aryl methyl sites for hydroxylation is 1. The Balaban J connectivity index is 1.73. The highest BCUT2D eigenvalue weighted by Gasteiger charge is 2.25. The maximum absolute atomic E-state index is 13.1. The molecule has 1 saturated carbocycles. The summed E-state index contributed by atoms with van der Waals surface area (Å²) < 4.78 is 0. The van der Waals surface area contributed by atoms with Crippen molar-refractivity contribution in [2.24, 2.45) is 5.92 Å². The predicted octanol–water partition coefficient (Wildman–Crippen LogP) is 4.77. The number of hydrogen-bond donors (Lipinski definition) is 1. The van der Waals surface area contributed by atoms with Gasteiger partial charge in [-0.25, -0.2) is 4.98 Å². The highest BCUT2D eigenvalue weighted by molar-refractivity contribution is 7.13. The average Bonchev–Trinajstić information content (AvgIpc) is 3.06. The number of amides is 2. The first kappa shape index (κ1) is 19.8. The maximum atomic E-state index is 13.1. The molecule has 0 unspecified atom stereocenters. The number of nitrogens with one attached hydrogen (secondary N) is 1. The lowest BCUT2D eigenvalue weighted by atomic mass is 9.89. The monoisotopic (exact) mass is 405 g/mol. The second-order valence-electron chi connectivity index (χ2n) is 7.01. The second kappa shape index (κ2) is 9.33. The summed E-state index contributed by atoms with van der Waals surface area (Å²) in [6.07, 6.45) is 5.81. The first-order chi connectivity index (χ1) is 13.0. The molecule has 7 heteroatoms.